The van der Waals surface area contributed by atoms with Crippen LogP contribution in [0.5, 0.6) is 0 Å². The molecule has 1 heterocycles. The Kier molecular flexibility index (Phi) is 7.17. The Balaban J connectivity index is 0.00000106. The highest BCUT2D eigenvalue weighted by Crippen LogP contribution is 2.22. The lowest BCUT2D eigenvalue weighted by atomic mass is 10.1. The van der Waals surface area contributed by atoms with E-state index in [1.807, 2.05) is 52.1 Å². The van der Waals surface area contributed by atoms with Gasteiger partial charge in [-0.3, -0.25) is 9.69 Å². The highest BCUT2D eigenvalue weighted by atomic mass is 32.1. The summed E-state index contributed by atoms with van der Waals surface area (Å²) < 4.78 is 0. The van der Waals surface area contributed by atoms with Crippen molar-refractivity contribution in [3.63, 3.8) is 0 Å². The molecule has 1 aromatic rings. The predicted molar refractivity (Wildman–Crippen MR) is 69.9 cm³/mol. The lowest BCUT2D eigenvalue weighted by molar-refractivity contribution is -0.123. The first-order chi connectivity index (χ1) is 7.56. The van der Waals surface area contributed by atoms with E-state index in [4.69, 9.17) is 0 Å². The third-order valence-electron chi connectivity index (χ3n) is 2.09. The molecule has 1 rings (SSSR count). The van der Waals surface area contributed by atoms with Gasteiger partial charge in [-0.2, -0.15) is 0 Å². The number of Topliss-reactive ketones (excluding diaryl/α,β-unsaturated/α-hetero) is 1. The normalized spacial score (nSPS) is 11.9. The van der Waals surface area contributed by atoms with Crippen LogP contribution in [-0.4, -0.2) is 29.8 Å². The Labute approximate surface area is 103 Å². The minimum absolute atomic E-state index is 0.176. The van der Waals surface area contributed by atoms with E-state index in [1.54, 1.807) is 11.3 Å². The predicted octanol–water partition coefficient (Wildman–Crippen LogP) is 3.06. The van der Waals surface area contributed by atoms with E-state index in [9.17, 15) is 4.79 Å². The van der Waals surface area contributed by atoms with E-state index < -0.39 is 0 Å². The summed E-state index contributed by atoms with van der Waals surface area (Å²) in [4.78, 5) is 18.0. The summed E-state index contributed by atoms with van der Waals surface area (Å²) in [6, 6.07) is -0.176. The van der Waals surface area contributed by atoms with Crippen molar-refractivity contribution in [2.75, 3.05) is 14.1 Å². The van der Waals surface area contributed by atoms with Crippen molar-refractivity contribution < 1.29 is 4.79 Å². The summed E-state index contributed by atoms with van der Waals surface area (Å²) in [5.41, 5.74) is 0.879. The fourth-order valence-corrected chi connectivity index (χ4v) is 2.05. The SMILES string of the molecule is CC.CCC(=O)C(c1csc(C)n1)N(C)C. The molecule has 0 saturated carbocycles. The van der Waals surface area contributed by atoms with E-state index in [1.165, 1.54) is 0 Å². The van der Waals surface area contributed by atoms with Crippen LogP contribution in [0.1, 0.15) is 43.9 Å². The molecular formula is C12H22N2OS. The number of carbonyl (C=O) groups is 1. The van der Waals surface area contributed by atoms with Crippen molar-refractivity contribution in [1.29, 1.82) is 0 Å². The number of thiazole rings is 1. The van der Waals surface area contributed by atoms with E-state index in [0.29, 0.717) is 6.42 Å². The molecule has 0 aromatic carbocycles. The second kappa shape index (κ2) is 7.52. The molecule has 0 saturated heterocycles. The van der Waals surface area contributed by atoms with Gasteiger partial charge >= 0.3 is 0 Å². The summed E-state index contributed by atoms with van der Waals surface area (Å²) in [6.45, 7) is 7.84. The van der Waals surface area contributed by atoms with E-state index in [2.05, 4.69) is 4.98 Å². The molecule has 0 aliphatic carbocycles. The van der Waals surface area contributed by atoms with Crippen LogP contribution in [0.2, 0.25) is 0 Å². The van der Waals surface area contributed by atoms with E-state index in [0.717, 1.165) is 10.7 Å². The number of likely N-dealkylation sites (N-methyl/N-ethyl adjacent to an activating group) is 1. The number of hydrogen-bond donors (Lipinski definition) is 0. The molecule has 1 unspecified atom stereocenters. The molecule has 16 heavy (non-hydrogen) atoms. The molecule has 0 fully saturated rings. The largest absolute Gasteiger partial charge is 0.297 e. The second-order valence-electron chi connectivity index (χ2n) is 3.48. The smallest absolute Gasteiger partial charge is 0.155 e. The summed E-state index contributed by atoms with van der Waals surface area (Å²) in [7, 11) is 3.82. The minimum atomic E-state index is -0.176. The van der Waals surface area contributed by atoms with Gasteiger partial charge in [-0.1, -0.05) is 20.8 Å². The number of aryl methyl sites for hydroxylation is 1. The molecule has 0 N–H and O–H groups in total. The van der Waals surface area contributed by atoms with Crippen molar-refractivity contribution in [3.05, 3.63) is 16.1 Å². The van der Waals surface area contributed by atoms with Gasteiger partial charge in [-0.05, 0) is 21.0 Å². The molecule has 0 spiro atoms. The zero-order valence-corrected chi connectivity index (χ0v) is 11.9. The third kappa shape index (κ3) is 4.02. The number of aromatic nitrogens is 1. The van der Waals surface area contributed by atoms with Crippen LogP contribution < -0.4 is 0 Å². The van der Waals surface area contributed by atoms with Crippen molar-refractivity contribution in [3.8, 4) is 0 Å². The Morgan fingerprint density at radius 2 is 2.06 bits per heavy atom. The van der Waals surface area contributed by atoms with Gasteiger partial charge in [0.2, 0.25) is 0 Å². The summed E-state index contributed by atoms with van der Waals surface area (Å²) in [6.07, 6.45) is 0.555. The van der Waals surface area contributed by atoms with Crippen molar-refractivity contribution in [1.82, 2.24) is 9.88 Å². The maximum absolute atomic E-state index is 11.7. The highest BCUT2D eigenvalue weighted by molar-refractivity contribution is 7.09. The van der Waals surface area contributed by atoms with Crippen molar-refractivity contribution in [2.24, 2.45) is 0 Å². The van der Waals surface area contributed by atoms with Gasteiger partial charge in [0.1, 0.15) is 6.04 Å². The lowest BCUT2D eigenvalue weighted by Crippen LogP contribution is -2.27. The van der Waals surface area contributed by atoms with Crippen LogP contribution in [0.15, 0.2) is 5.38 Å². The Bertz CT molecular complexity index is 321. The number of carbonyl (C=O) groups excluding carboxylic acids is 1. The first-order valence-corrected chi connectivity index (χ1v) is 6.55. The molecule has 0 radical (unpaired) electrons. The summed E-state index contributed by atoms with van der Waals surface area (Å²) in [5.74, 6) is 0.223. The van der Waals surface area contributed by atoms with Crippen LogP contribution in [-0.2, 0) is 4.79 Å². The van der Waals surface area contributed by atoms with Crippen LogP contribution in [0.25, 0.3) is 0 Å². The molecule has 92 valence electrons. The molecular weight excluding hydrogens is 220 g/mol. The van der Waals surface area contributed by atoms with Gasteiger partial charge in [-0.15, -0.1) is 11.3 Å². The molecule has 3 nitrogen and oxygen atoms in total. The molecule has 0 aliphatic heterocycles. The number of rotatable bonds is 4. The van der Waals surface area contributed by atoms with E-state index >= 15 is 0 Å². The molecule has 1 aromatic heterocycles. The maximum atomic E-state index is 11.7. The Morgan fingerprint density at radius 3 is 2.38 bits per heavy atom. The van der Waals surface area contributed by atoms with Gasteiger partial charge in [0.05, 0.1) is 10.7 Å². The first-order valence-electron chi connectivity index (χ1n) is 5.67. The van der Waals surface area contributed by atoms with Crippen LogP contribution in [0.3, 0.4) is 0 Å². The van der Waals surface area contributed by atoms with Crippen LogP contribution in [0, 0.1) is 6.92 Å². The fraction of sp³-hybridized carbons (Fsp3) is 0.667. The first kappa shape index (κ1) is 15.3. The Morgan fingerprint density at radius 1 is 1.50 bits per heavy atom. The minimum Gasteiger partial charge on any atom is -0.297 e. The quantitative estimate of drug-likeness (QED) is 0.813. The number of ketones is 1. The zero-order valence-electron chi connectivity index (χ0n) is 11.1. The van der Waals surface area contributed by atoms with Gasteiger partial charge < -0.3 is 0 Å². The van der Waals surface area contributed by atoms with Gasteiger partial charge in [0.15, 0.2) is 5.78 Å². The van der Waals surface area contributed by atoms with Crippen LogP contribution >= 0.6 is 11.3 Å². The van der Waals surface area contributed by atoms with Crippen molar-refractivity contribution in [2.45, 2.75) is 40.2 Å². The zero-order chi connectivity index (χ0) is 12.7. The third-order valence-corrected chi connectivity index (χ3v) is 2.88. The average molecular weight is 242 g/mol. The van der Waals surface area contributed by atoms with E-state index in [-0.39, 0.29) is 11.8 Å². The number of hydrogen-bond acceptors (Lipinski definition) is 4. The highest BCUT2D eigenvalue weighted by Gasteiger charge is 2.23. The summed E-state index contributed by atoms with van der Waals surface area (Å²) in [5, 5.41) is 2.98. The second-order valence-corrected chi connectivity index (χ2v) is 4.54. The molecule has 4 heteroatoms. The van der Waals surface area contributed by atoms with Gasteiger partial charge in [-0.25, -0.2) is 4.98 Å². The van der Waals surface area contributed by atoms with Gasteiger partial charge in [0, 0.05) is 11.8 Å². The van der Waals surface area contributed by atoms with Crippen molar-refractivity contribution >= 4 is 17.1 Å². The molecule has 0 aliphatic rings. The van der Waals surface area contributed by atoms with Crippen LogP contribution in [0.4, 0.5) is 0 Å². The summed E-state index contributed by atoms with van der Waals surface area (Å²) >= 11 is 1.59. The maximum Gasteiger partial charge on any atom is 0.155 e. The molecule has 0 amide bonds. The average Bonchev–Trinajstić information content (AvgIpc) is 2.67. The molecule has 0 bridgehead atoms. The lowest BCUT2D eigenvalue weighted by Gasteiger charge is -2.20. The molecule has 1 atom stereocenters. The Hall–Kier alpha value is -0.740. The van der Waals surface area contributed by atoms with Gasteiger partial charge in [0.25, 0.3) is 0 Å². The topological polar surface area (TPSA) is 33.2 Å². The monoisotopic (exact) mass is 242 g/mol. The fourth-order valence-electron chi connectivity index (χ4n) is 1.42. The number of nitrogens with zero attached hydrogens (tertiary/aromatic N) is 2. The standard InChI is InChI=1S/C10H16N2OS.C2H6/c1-5-9(13)10(12(3)4)8-6-14-7(2)11-8;1-2/h6,10H,5H2,1-4H3;1-2H3.